The molecular formula is C29H33N3O8Si. The Kier molecular flexibility index (Phi) is 7.36. The first-order valence-corrected chi connectivity index (χ1v) is 16.4. The molecular weight excluding hydrogens is 546 g/mol. The molecule has 3 heterocycles. The first-order valence-electron chi connectivity index (χ1n) is 13.4. The third-order valence-electron chi connectivity index (χ3n) is 8.25. The molecule has 1 spiro atoms. The van der Waals surface area contributed by atoms with Crippen molar-refractivity contribution in [1.82, 2.24) is 4.57 Å². The van der Waals surface area contributed by atoms with Gasteiger partial charge in [-0.05, 0) is 55.4 Å². The second-order valence-corrected chi connectivity index (χ2v) is 15.1. The van der Waals surface area contributed by atoms with Gasteiger partial charge in [-0.15, -0.1) is 0 Å². The molecule has 0 unspecified atom stereocenters. The van der Waals surface area contributed by atoms with E-state index in [1.54, 1.807) is 60.6 Å². The van der Waals surface area contributed by atoms with Crippen LogP contribution in [-0.4, -0.2) is 53.4 Å². The highest BCUT2D eigenvalue weighted by Gasteiger charge is 2.66. The Morgan fingerprint density at radius 1 is 1.15 bits per heavy atom. The second-order valence-electron chi connectivity index (χ2n) is 11.1. The number of nitro groups is 1. The summed E-state index contributed by atoms with van der Waals surface area (Å²) in [4.78, 5) is 51.2. The van der Waals surface area contributed by atoms with E-state index >= 15 is 0 Å². The predicted octanol–water partition coefficient (Wildman–Crippen LogP) is 3.48. The standard InChI is InChI=1S/C29H33N3O8Si/c1-18-26(41(3,4)38)24(12-14-33)40-29(18)22-16-21(32(36)37)10-11-23(22)31(28(29)35)17-19-7-5-8-20(15-19)30-13-6-9-25(39-2)27(30)34/h5-11,13,15-16,18,24,26,33,38H,12,14,17H2,1-4H3/t18-,24+,26-,29+/m1/s1. The van der Waals surface area contributed by atoms with Crippen LogP contribution in [0, 0.1) is 16.0 Å². The molecule has 216 valence electrons. The minimum Gasteiger partial charge on any atom is -0.491 e. The number of aromatic nitrogens is 1. The number of amides is 1. The Labute approximate surface area is 237 Å². The number of rotatable bonds is 8. The van der Waals surface area contributed by atoms with Crippen LogP contribution in [0.15, 0.2) is 65.6 Å². The van der Waals surface area contributed by atoms with Gasteiger partial charge >= 0.3 is 0 Å². The summed E-state index contributed by atoms with van der Waals surface area (Å²) in [5.41, 5.74) is -0.280. The van der Waals surface area contributed by atoms with Gasteiger partial charge in [0, 0.05) is 47.6 Å². The van der Waals surface area contributed by atoms with E-state index in [9.17, 15) is 29.6 Å². The van der Waals surface area contributed by atoms with E-state index in [4.69, 9.17) is 9.47 Å². The predicted molar refractivity (Wildman–Crippen MR) is 154 cm³/mol. The van der Waals surface area contributed by atoms with Crippen LogP contribution in [0.3, 0.4) is 0 Å². The lowest BCUT2D eigenvalue weighted by molar-refractivity contribution is -0.385. The number of pyridine rings is 1. The Hall–Kier alpha value is -3.84. The number of aliphatic hydroxyl groups is 1. The minimum atomic E-state index is -2.91. The zero-order valence-electron chi connectivity index (χ0n) is 23.3. The Morgan fingerprint density at radius 2 is 1.90 bits per heavy atom. The van der Waals surface area contributed by atoms with Gasteiger partial charge in [-0.2, -0.15) is 0 Å². The third kappa shape index (κ3) is 4.66. The molecule has 5 rings (SSSR count). The monoisotopic (exact) mass is 579 g/mol. The average Bonchev–Trinajstić information content (AvgIpc) is 3.35. The molecule has 41 heavy (non-hydrogen) atoms. The topological polar surface area (TPSA) is 144 Å². The first-order chi connectivity index (χ1) is 19.4. The molecule has 1 fully saturated rings. The van der Waals surface area contributed by atoms with Gasteiger partial charge in [-0.1, -0.05) is 19.1 Å². The molecule has 11 nitrogen and oxygen atoms in total. The zero-order chi connectivity index (χ0) is 29.7. The second kappa shape index (κ2) is 10.5. The maximum absolute atomic E-state index is 14.4. The molecule has 2 aromatic carbocycles. The van der Waals surface area contributed by atoms with Crippen LogP contribution < -0.4 is 15.2 Å². The molecule has 0 bridgehead atoms. The fourth-order valence-electron chi connectivity index (χ4n) is 6.55. The van der Waals surface area contributed by atoms with E-state index in [1.807, 2.05) is 13.0 Å². The number of carbonyl (C=O) groups excluding carboxylic acids is 1. The SMILES string of the molecule is COc1cccn(-c2cccc(CN3C(=O)[C@@]4(O[C@@H](CCO)[C@H]([Si](C)(C)O)[C@H]4C)c4cc([N+](=O)[O-])ccc43)c2)c1=O. The van der Waals surface area contributed by atoms with Gasteiger partial charge in [-0.25, -0.2) is 0 Å². The lowest BCUT2D eigenvalue weighted by Crippen LogP contribution is -2.46. The molecule has 4 atom stereocenters. The number of nitro benzene ring substituents is 1. The summed E-state index contributed by atoms with van der Waals surface area (Å²) in [6.45, 7) is 5.32. The van der Waals surface area contributed by atoms with Crippen molar-refractivity contribution in [3.8, 4) is 11.4 Å². The average molecular weight is 580 g/mol. The van der Waals surface area contributed by atoms with E-state index in [-0.39, 0.29) is 42.5 Å². The number of benzene rings is 2. The molecule has 0 radical (unpaired) electrons. The quantitative estimate of drug-likeness (QED) is 0.235. The molecule has 2 aliphatic heterocycles. The van der Waals surface area contributed by atoms with Crippen molar-refractivity contribution in [3.63, 3.8) is 0 Å². The van der Waals surface area contributed by atoms with Crippen LogP contribution in [0.25, 0.3) is 5.69 Å². The molecule has 1 amide bonds. The number of hydrogen-bond donors (Lipinski definition) is 2. The number of fused-ring (bicyclic) bond motifs is 2. The van der Waals surface area contributed by atoms with Gasteiger partial charge in [0.1, 0.15) is 0 Å². The number of anilines is 1. The molecule has 2 aliphatic rings. The van der Waals surface area contributed by atoms with Gasteiger partial charge in [0.15, 0.2) is 19.7 Å². The Morgan fingerprint density at radius 3 is 2.56 bits per heavy atom. The minimum absolute atomic E-state index is 0.114. The van der Waals surface area contributed by atoms with Crippen molar-refractivity contribution in [1.29, 1.82) is 0 Å². The van der Waals surface area contributed by atoms with Crippen LogP contribution in [0.1, 0.15) is 24.5 Å². The normalized spacial score (nSPS) is 23.7. The molecule has 0 saturated carbocycles. The lowest BCUT2D eigenvalue weighted by atomic mass is 9.82. The molecule has 3 aromatic rings. The van der Waals surface area contributed by atoms with Crippen molar-refractivity contribution in [2.24, 2.45) is 5.92 Å². The van der Waals surface area contributed by atoms with Crippen molar-refractivity contribution in [2.45, 2.75) is 50.2 Å². The fourth-order valence-corrected chi connectivity index (χ4v) is 9.16. The van der Waals surface area contributed by atoms with Crippen LogP contribution in [0.4, 0.5) is 11.4 Å². The summed E-state index contributed by atoms with van der Waals surface area (Å²) in [6, 6.07) is 14.8. The van der Waals surface area contributed by atoms with Crippen molar-refractivity contribution in [3.05, 3.63) is 92.4 Å². The molecule has 1 saturated heterocycles. The maximum Gasteiger partial charge on any atom is 0.297 e. The van der Waals surface area contributed by atoms with E-state index in [1.165, 1.54) is 23.8 Å². The van der Waals surface area contributed by atoms with Crippen molar-refractivity contribution < 1.29 is 29.1 Å². The van der Waals surface area contributed by atoms with E-state index in [0.29, 0.717) is 16.9 Å². The van der Waals surface area contributed by atoms with E-state index in [0.717, 1.165) is 5.56 Å². The smallest absolute Gasteiger partial charge is 0.297 e. The summed E-state index contributed by atoms with van der Waals surface area (Å²) in [7, 11) is -1.48. The maximum atomic E-state index is 14.4. The number of aliphatic hydroxyl groups excluding tert-OH is 1. The number of ether oxygens (including phenoxy) is 2. The number of nitrogens with zero attached hydrogens (tertiary/aromatic N) is 3. The van der Waals surface area contributed by atoms with Gasteiger partial charge < -0.3 is 24.3 Å². The third-order valence-corrected chi connectivity index (χ3v) is 10.8. The van der Waals surface area contributed by atoms with Gasteiger partial charge in [0.2, 0.25) is 0 Å². The summed E-state index contributed by atoms with van der Waals surface area (Å²) in [5.74, 6) is -0.696. The van der Waals surface area contributed by atoms with E-state index in [2.05, 4.69) is 0 Å². The van der Waals surface area contributed by atoms with Crippen LogP contribution in [0.2, 0.25) is 18.6 Å². The largest absolute Gasteiger partial charge is 0.491 e. The van der Waals surface area contributed by atoms with E-state index < -0.39 is 36.4 Å². The van der Waals surface area contributed by atoms with Crippen LogP contribution in [-0.2, 0) is 21.7 Å². The van der Waals surface area contributed by atoms with Gasteiger partial charge in [0.25, 0.3) is 17.2 Å². The zero-order valence-corrected chi connectivity index (χ0v) is 24.3. The molecule has 12 heteroatoms. The number of methoxy groups -OCH3 is 1. The Balaban J connectivity index is 1.60. The molecule has 2 N–H and O–H groups in total. The van der Waals surface area contributed by atoms with Crippen molar-refractivity contribution >= 4 is 25.6 Å². The number of hydrogen-bond acceptors (Lipinski definition) is 8. The molecule has 1 aromatic heterocycles. The summed E-state index contributed by atoms with van der Waals surface area (Å²) >= 11 is 0. The summed E-state index contributed by atoms with van der Waals surface area (Å²) < 4.78 is 13.1. The fraction of sp³-hybridized carbons (Fsp3) is 0.379. The number of non-ortho nitro benzene ring substituents is 1. The van der Waals surface area contributed by atoms with Gasteiger partial charge in [0.05, 0.1) is 30.4 Å². The first kappa shape index (κ1) is 28.7. The van der Waals surface area contributed by atoms with Crippen LogP contribution >= 0.6 is 0 Å². The summed E-state index contributed by atoms with van der Waals surface area (Å²) in [6.07, 6.45) is 1.26. The highest BCUT2D eigenvalue weighted by Crippen LogP contribution is 2.60. The number of carbonyl (C=O) groups is 1. The van der Waals surface area contributed by atoms with Crippen LogP contribution in [0.5, 0.6) is 5.75 Å². The lowest BCUT2D eigenvalue weighted by Gasteiger charge is -2.32. The summed E-state index contributed by atoms with van der Waals surface area (Å²) in [5, 5.41) is 21.5. The Bertz CT molecular complexity index is 1570. The highest BCUT2D eigenvalue weighted by atomic mass is 28.4. The highest BCUT2D eigenvalue weighted by molar-refractivity contribution is 6.71. The van der Waals surface area contributed by atoms with Gasteiger partial charge in [-0.3, -0.25) is 24.3 Å². The molecule has 0 aliphatic carbocycles. The van der Waals surface area contributed by atoms with Crippen molar-refractivity contribution in [2.75, 3.05) is 18.6 Å².